The van der Waals surface area contributed by atoms with Crippen molar-refractivity contribution in [3.8, 4) is 0 Å². The fraction of sp³-hybridized carbons (Fsp3) is 0.222. The van der Waals surface area contributed by atoms with Gasteiger partial charge in [0.1, 0.15) is 0 Å². The van der Waals surface area contributed by atoms with Gasteiger partial charge in [-0.1, -0.05) is 23.7 Å². The van der Waals surface area contributed by atoms with Gasteiger partial charge in [-0.3, -0.25) is 9.59 Å². The second-order valence-corrected chi connectivity index (χ2v) is 6.56. The fourth-order valence-corrected chi connectivity index (χ4v) is 2.66. The van der Waals surface area contributed by atoms with Crippen LogP contribution in [0.1, 0.15) is 33.6 Å². The number of nitrogen functional groups attached to an aromatic ring is 1. The second-order valence-electron chi connectivity index (χ2n) is 6.12. The third-order valence-electron chi connectivity index (χ3n) is 4.21. The topological polar surface area (TPSA) is 104 Å². The number of hydrogen-bond acceptors (Lipinski definition) is 4. The minimum Gasteiger partial charge on any atom is -0.398 e. The summed E-state index contributed by atoms with van der Waals surface area (Å²) in [5, 5.41) is 15.2. The molecule has 6 nitrogen and oxygen atoms in total. The van der Waals surface area contributed by atoms with E-state index in [0.29, 0.717) is 22.0 Å². The van der Waals surface area contributed by atoms with E-state index in [9.17, 15) is 14.7 Å². The quantitative estimate of drug-likeness (QED) is 0.615. The molecule has 2 amide bonds. The predicted octanol–water partition coefficient (Wildman–Crippen LogP) is 2.43. The third kappa shape index (κ3) is 3.75. The molecular formula is C18H18ClN3O3. The molecule has 2 aromatic rings. The number of para-hydroxylation sites is 1. The van der Waals surface area contributed by atoms with Gasteiger partial charge in [0.25, 0.3) is 11.8 Å². The summed E-state index contributed by atoms with van der Waals surface area (Å²) in [4.78, 5) is 25.0. The molecule has 0 atom stereocenters. The summed E-state index contributed by atoms with van der Waals surface area (Å²) in [6.07, 6.45) is 1.44. The van der Waals surface area contributed by atoms with Crippen LogP contribution < -0.4 is 16.4 Å². The molecule has 0 saturated heterocycles. The van der Waals surface area contributed by atoms with Gasteiger partial charge in [0.15, 0.2) is 0 Å². The molecule has 7 heteroatoms. The number of halogens is 1. The van der Waals surface area contributed by atoms with Crippen LogP contribution in [-0.2, 0) is 0 Å². The monoisotopic (exact) mass is 359 g/mol. The Morgan fingerprint density at radius 1 is 1.12 bits per heavy atom. The highest BCUT2D eigenvalue weighted by Gasteiger charge is 2.43. The Bertz CT molecular complexity index is 834. The lowest BCUT2D eigenvalue weighted by atomic mass is 10.1. The van der Waals surface area contributed by atoms with Crippen LogP contribution in [0.15, 0.2) is 42.5 Å². The van der Waals surface area contributed by atoms with E-state index in [1.165, 1.54) is 6.07 Å². The second kappa shape index (κ2) is 6.74. The minimum absolute atomic E-state index is 0.123. The summed E-state index contributed by atoms with van der Waals surface area (Å²) in [5.41, 5.74) is 6.47. The molecule has 1 saturated carbocycles. The molecule has 0 aromatic heterocycles. The number of aliphatic hydroxyl groups is 1. The van der Waals surface area contributed by atoms with E-state index in [0.717, 1.165) is 12.8 Å². The first-order valence-electron chi connectivity index (χ1n) is 7.83. The molecule has 0 unspecified atom stereocenters. The number of hydrogen-bond donors (Lipinski definition) is 4. The Morgan fingerprint density at radius 2 is 1.84 bits per heavy atom. The molecule has 0 radical (unpaired) electrons. The molecule has 0 bridgehead atoms. The molecular weight excluding hydrogens is 342 g/mol. The van der Waals surface area contributed by atoms with Gasteiger partial charge in [0.05, 0.1) is 29.0 Å². The zero-order chi connectivity index (χ0) is 18.0. The van der Waals surface area contributed by atoms with Crippen molar-refractivity contribution in [3.63, 3.8) is 0 Å². The van der Waals surface area contributed by atoms with Crippen LogP contribution in [0, 0.1) is 0 Å². The fourth-order valence-electron chi connectivity index (χ4n) is 2.49. The SMILES string of the molecule is Nc1ccccc1C(=O)Nc1ccc(Cl)cc1C(=O)NC1(CO)CC1. The summed E-state index contributed by atoms with van der Waals surface area (Å²) >= 11 is 6.00. The van der Waals surface area contributed by atoms with Crippen molar-refractivity contribution in [1.82, 2.24) is 5.32 Å². The normalized spacial score (nSPS) is 14.6. The lowest BCUT2D eigenvalue weighted by molar-refractivity contribution is 0.0907. The van der Waals surface area contributed by atoms with E-state index in [1.54, 1.807) is 36.4 Å². The molecule has 1 aliphatic carbocycles. The summed E-state index contributed by atoms with van der Waals surface area (Å²) in [5.74, 6) is -0.817. The van der Waals surface area contributed by atoms with Crippen LogP contribution in [0.4, 0.5) is 11.4 Å². The van der Waals surface area contributed by atoms with Crippen molar-refractivity contribution in [3.05, 3.63) is 58.6 Å². The van der Waals surface area contributed by atoms with Crippen LogP contribution in [0.25, 0.3) is 0 Å². The van der Waals surface area contributed by atoms with Gasteiger partial charge in [-0.15, -0.1) is 0 Å². The van der Waals surface area contributed by atoms with Crippen molar-refractivity contribution < 1.29 is 14.7 Å². The first-order valence-corrected chi connectivity index (χ1v) is 8.21. The van der Waals surface area contributed by atoms with E-state index in [1.807, 2.05) is 0 Å². The standard InChI is InChI=1S/C18H18ClN3O3/c19-11-5-6-15(21-16(24)12-3-1-2-4-14(12)20)13(9-11)17(25)22-18(10-23)7-8-18/h1-6,9,23H,7-8,10,20H2,(H,21,24)(H,22,25). The average Bonchev–Trinajstić information content (AvgIpc) is 3.36. The number of benzene rings is 2. The predicted molar refractivity (Wildman–Crippen MR) is 96.8 cm³/mol. The van der Waals surface area contributed by atoms with Crippen LogP contribution >= 0.6 is 11.6 Å². The molecule has 2 aromatic carbocycles. The number of aliphatic hydroxyl groups excluding tert-OH is 1. The highest BCUT2D eigenvalue weighted by atomic mass is 35.5. The molecule has 3 rings (SSSR count). The van der Waals surface area contributed by atoms with E-state index in [2.05, 4.69) is 10.6 Å². The van der Waals surface area contributed by atoms with Crippen molar-refractivity contribution in [2.24, 2.45) is 0 Å². The molecule has 25 heavy (non-hydrogen) atoms. The smallest absolute Gasteiger partial charge is 0.257 e. The number of carbonyl (C=O) groups excluding carboxylic acids is 2. The van der Waals surface area contributed by atoms with Crippen molar-refractivity contribution in [1.29, 1.82) is 0 Å². The summed E-state index contributed by atoms with van der Waals surface area (Å²) < 4.78 is 0. The van der Waals surface area contributed by atoms with Gasteiger partial charge in [0, 0.05) is 10.7 Å². The summed E-state index contributed by atoms with van der Waals surface area (Å²) in [7, 11) is 0. The average molecular weight is 360 g/mol. The summed E-state index contributed by atoms with van der Waals surface area (Å²) in [6.45, 7) is -0.123. The van der Waals surface area contributed by atoms with Crippen LogP contribution in [0.3, 0.4) is 0 Å². The maximum absolute atomic E-state index is 12.6. The Morgan fingerprint density at radius 3 is 2.48 bits per heavy atom. The van der Waals surface area contributed by atoms with Gasteiger partial charge >= 0.3 is 0 Å². The van der Waals surface area contributed by atoms with E-state index in [-0.39, 0.29) is 12.2 Å². The van der Waals surface area contributed by atoms with Crippen molar-refractivity contribution in [2.75, 3.05) is 17.7 Å². The van der Waals surface area contributed by atoms with Gasteiger partial charge in [-0.05, 0) is 43.2 Å². The minimum atomic E-state index is -0.565. The highest BCUT2D eigenvalue weighted by molar-refractivity contribution is 6.31. The van der Waals surface area contributed by atoms with Gasteiger partial charge in [-0.2, -0.15) is 0 Å². The molecule has 5 N–H and O–H groups in total. The van der Waals surface area contributed by atoms with Crippen LogP contribution in [0.5, 0.6) is 0 Å². The van der Waals surface area contributed by atoms with E-state index < -0.39 is 17.4 Å². The van der Waals surface area contributed by atoms with Gasteiger partial charge < -0.3 is 21.5 Å². The Labute approximate surface area is 150 Å². The lowest BCUT2D eigenvalue weighted by Gasteiger charge is -2.17. The number of amides is 2. The molecule has 130 valence electrons. The Balaban J connectivity index is 1.85. The van der Waals surface area contributed by atoms with E-state index in [4.69, 9.17) is 17.3 Å². The molecule has 1 fully saturated rings. The first-order chi connectivity index (χ1) is 11.9. The lowest BCUT2D eigenvalue weighted by Crippen LogP contribution is -2.40. The molecule has 1 aliphatic rings. The molecule has 0 spiro atoms. The summed E-state index contributed by atoms with van der Waals surface area (Å²) in [6, 6.07) is 11.3. The highest BCUT2D eigenvalue weighted by Crippen LogP contribution is 2.35. The van der Waals surface area contributed by atoms with Gasteiger partial charge in [0.2, 0.25) is 0 Å². The molecule has 0 aliphatic heterocycles. The van der Waals surface area contributed by atoms with Crippen LogP contribution in [0.2, 0.25) is 5.02 Å². The number of nitrogens with one attached hydrogen (secondary N) is 2. The maximum atomic E-state index is 12.6. The first kappa shape index (κ1) is 17.3. The largest absolute Gasteiger partial charge is 0.398 e. The van der Waals surface area contributed by atoms with Crippen molar-refractivity contribution >= 4 is 34.8 Å². The number of anilines is 2. The zero-order valence-electron chi connectivity index (χ0n) is 13.4. The molecule has 0 heterocycles. The number of rotatable bonds is 5. The van der Waals surface area contributed by atoms with Crippen LogP contribution in [-0.4, -0.2) is 29.1 Å². The number of carbonyl (C=O) groups is 2. The Kier molecular flexibility index (Phi) is 4.65. The Hall–Kier alpha value is -2.57. The maximum Gasteiger partial charge on any atom is 0.257 e. The zero-order valence-corrected chi connectivity index (χ0v) is 14.1. The van der Waals surface area contributed by atoms with E-state index >= 15 is 0 Å². The van der Waals surface area contributed by atoms with Gasteiger partial charge in [-0.25, -0.2) is 0 Å². The number of nitrogens with two attached hydrogens (primary N) is 1. The third-order valence-corrected chi connectivity index (χ3v) is 4.45. The van der Waals surface area contributed by atoms with Crippen molar-refractivity contribution in [2.45, 2.75) is 18.4 Å².